The third-order valence-corrected chi connectivity index (χ3v) is 5.56. The molecule has 0 unspecified atom stereocenters. The Kier molecular flexibility index (Phi) is 4.95. The molecule has 0 aliphatic carbocycles. The molecule has 0 saturated heterocycles. The SMILES string of the molecule is CCCCCCC(C)(C)c1cc(O)c2c(-c3cccs3)coc2n1. The fourth-order valence-electron chi connectivity index (χ4n) is 3.10. The second kappa shape index (κ2) is 6.98. The number of hydrogen-bond acceptors (Lipinski definition) is 4. The Hall–Kier alpha value is -1.81. The Morgan fingerprint density at radius 1 is 1.25 bits per heavy atom. The van der Waals surface area contributed by atoms with Crippen LogP contribution in [0.15, 0.2) is 34.3 Å². The fraction of sp³-hybridized carbons (Fsp3) is 0.450. The Morgan fingerprint density at radius 2 is 2.08 bits per heavy atom. The number of unbranched alkanes of at least 4 members (excludes halogenated alkanes) is 3. The van der Waals surface area contributed by atoms with Gasteiger partial charge in [-0.1, -0.05) is 52.5 Å². The van der Waals surface area contributed by atoms with E-state index in [-0.39, 0.29) is 11.2 Å². The summed E-state index contributed by atoms with van der Waals surface area (Å²) in [5, 5.41) is 13.3. The summed E-state index contributed by atoms with van der Waals surface area (Å²) in [5.41, 5.74) is 2.26. The average molecular weight is 343 g/mol. The van der Waals surface area contributed by atoms with Crippen molar-refractivity contribution in [3.05, 3.63) is 35.5 Å². The summed E-state index contributed by atoms with van der Waals surface area (Å²) in [5.74, 6) is 0.258. The third-order valence-electron chi connectivity index (χ3n) is 4.66. The zero-order valence-electron chi connectivity index (χ0n) is 14.6. The zero-order valence-corrected chi connectivity index (χ0v) is 15.4. The molecule has 0 bridgehead atoms. The van der Waals surface area contributed by atoms with E-state index in [1.807, 2.05) is 23.6 Å². The summed E-state index contributed by atoms with van der Waals surface area (Å²) in [4.78, 5) is 5.80. The molecule has 0 aliphatic rings. The predicted octanol–water partition coefficient (Wildman–Crippen LogP) is 6.51. The van der Waals surface area contributed by atoms with Crippen LogP contribution in [0.5, 0.6) is 5.75 Å². The number of nitrogens with zero attached hydrogens (tertiary/aromatic N) is 1. The van der Waals surface area contributed by atoms with Crippen molar-refractivity contribution in [3.63, 3.8) is 0 Å². The lowest BCUT2D eigenvalue weighted by Crippen LogP contribution is -2.18. The van der Waals surface area contributed by atoms with E-state index in [1.165, 1.54) is 25.7 Å². The van der Waals surface area contributed by atoms with E-state index in [0.29, 0.717) is 11.1 Å². The summed E-state index contributed by atoms with van der Waals surface area (Å²) in [6.45, 7) is 6.60. The molecule has 0 atom stereocenters. The minimum absolute atomic E-state index is 0.0741. The van der Waals surface area contributed by atoms with Crippen LogP contribution in [0.3, 0.4) is 0 Å². The topological polar surface area (TPSA) is 46.3 Å². The molecule has 24 heavy (non-hydrogen) atoms. The van der Waals surface area contributed by atoms with Crippen LogP contribution < -0.4 is 0 Å². The van der Waals surface area contributed by atoms with E-state index in [0.717, 1.165) is 22.6 Å². The highest BCUT2D eigenvalue weighted by molar-refractivity contribution is 7.13. The van der Waals surface area contributed by atoms with E-state index >= 15 is 0 Å². The normalized spacial score (nSPS) is 12.1. The highest BCUT2D eigenvalue weighted by atomic mass is 32.1. The predicted molar refractivity (Wildman–Crippen MR) is 101 cm³/mol. The van der Waals surface area contributed by atoms with Crippen molar-refractivity contribution in [2.75, 3.05) is 0 Å². The lowest BCUT2D eigenvalue weighted by Gasteiger charge is -2.24. The zero-order chi connectivity index (χ0) is 17.2. The molecule has 3 nitrogen and oxygen atoms in total. The molecule has 0 saturated carbocycles. The molecule has 3 heterocycles. The number of aromatic hydroxyl groups is 1. The molecule has 1 N–H and O–H groups in total. The molecule has 0 fully saturated rings. The first-order valence-corrected chi connectivity index (χ1v) is 9.56. The Morgan fingerprint density at radius 3 is 2.79 bits per heavy atom. The third kappa shape index (κ3) is 3.34. The molecule has 0 aliphatic heterocycles. The largest absolute Gasteiger partial charge is 0.507 e. The first kappa shape index (κ1) is 17.0. The van der Waals surface area contributed by atoms with Gasteiger partial charge in [0, 0.05) is 21.9 Å². The molecular formula is C20H25NO2S. The van der Waals surface area contributed by atoms with E-state index < -0.39 is 0 Å². The van der Waals surface area contributed by atoms with Crippen molar-refractivity contribution >= 4 is 22.4 Å². The van der Waals surface area contributed by atoms with Crippen molar-refractivity contribution in [1.29, 1.82) is 0 Å². The summed E-state index contributed by atoms with van der Waals surface area (Å²) in [7, 11) is 0. The van der Waals surface area contributed by atoms with Gasteiger partial charge < -0.3 is 9.52 Å². The molecule has 3 rings (SSSR count). The number of aromatic nitrogens is 1. The smallest absolute Gasteiger partial charge is 0.230 e. The second-order valence-corrected chi connectivity index (χ2v) is 7.98. The maximum Gasteiger partial charge on any atom is 0.230 e. The molecule has 3 aromatic rings. The average Bonchev–Trinajstić information content (AvgIpc) is 3.20. The Balaban J connectivity index is 1.91. The van der Waals surface area contributed by atoms with Crippen LogP contribution in [-0.4, -0.2) is 10.1 Å². The summed E-state index contributed by atoms with van der Waals surface area (Å²) in [6.07, 6.45) is 7.70. The molecule has 0 amide bonds. The molecule has 128 valence electrons. The van der Waals surface area contributed by atoms with Gasteiger partial charge >= 0.3 is 0 Å². The first-order valence-electron chi connectivity index (χ1n) is 8.68. The molecule has 4 heteroatoms. The Labute approximate surface area is 147 Å². The van der Waals surface area contributed by atoms with Gasteiger partial charge in [0.25, 0.3) is 0 Å². The van der Waals surface area contributed by atoms with Gasteiger partial charge in [0.2, 0.25) is 5.71 Å². The van der Waals surface area contributed by atoms with Gasteiger partial charge in [-0.05, 0) is 17.9 Å². The van der Waals surface area contributed by atoms with Gasteiger partial charge in [0.05, 0.1) is 11.1 Å². The lowest BCUT2D eigenvalue weighted by atomic mass is 9.83. The van der Waals surface area contributed by atoms with Crippen molar-refractivity contribution in [2.24, 2.45) is 0 Å². The number of thiophene rings is 1. The van der Waals surface area contributed by atoms with Gasteiger partial charge in [-0.3, -0.25) is 0 Å². The van der Waals surface area contributed by atoms with Gasteiger partial charge in [-0.2, -0.15) is 0 Å². The summed E-state index contributed by atoms with van der Waals surface area (Å²) >= 11 is 1.63. The van der Waals surface area contributed by atoms with Crippen LogP contribution in [0.2, 0.25) is 0 Å². The monoisotopic (exact) mass is 343 g/mol. The quantitative estimate of drug-likeness (QED) is 0.497. The second-order valence-electron chi connectivity index (χ2n) is 7.03. The van der Waals surface area contributed by atoms with Crippen LogP contribution in [0.4, 0.5) is 0 Å². The standard InChI is InChI=1S/C20H25NO2S/c1-4-5-6-7-10-20(2,3)17-12-15(22)18-14(13-23-19(18)21-17)16-9-8-11-24-16/h8-9,11-13H,4-7,10H2,1-3H3,(H,21,22). The number of pyridine rings is 1. The van der Waals surface area contributed by atoms with Crippen LogP contribution in [0.25, 0.3) is 21.5 Å². The number of hydrogen-bond donors (Lipinski definition) is 1. The van der Waals surface area contributed by atoms with Crippen molar-refractivity contribution in [2.45, 2.75) is 58.3 Å². The van der Waals surface area contributed by atoms with E-state index in [1.54, 1.807) is 17.6 Å². The van der Waals surface area contributed by atoms with Crippen molar-refractivity contribution in [1.82, 2.24) is 4.98 Å². The van der Waals surface area contributed by atoms with Gasteiger partial charge in [0.1, 0.15) is 12.0 Å². The Bertz CT molecular complexity index is 803. The van der Waals surface area contributed by atoms with Gasteiger partial charge in [-0.25, -0.2) is 4.98 Å². The van der Waals surface area contributed by atoms with E-state index in [2.05, 4.69) is 20.8 Å². The molecule has 0 aromatic carbocycles. The highest BCUT2D eigenvalue weighted by Crippen LogP contribution is 2.40. The maximum atomic E-state index is 10.6. The van der Waals surface area contributed by atoms with Gasteiger partial charge in [0.15, 0.2) is 0 Å². The van der Waals surface area contributed by atoms with Crippen LogP contribution >= 0.6 is 11.3 Å². The molecular weight excluding hydrogens is 318 g/mol. The van der Waals surface area contributed by atoms with Crippen LogP contribution in [-0.2, 0) is 5.41 Å². The van der Waals surface area contributed by atoms with Crippen LogP contribution in [0.1, 0.15) is 58.6 Å². The van der Waals surface area contributed by atoms with E-state index in [9.17, 15) is 5.11 Å². The lowest BCUT2D eigenvalue weighted by molar-refractivity contribution is 0.427. The molecule has 3 aromatic heterocycles. The maximum absolute atomic E-state index is 10.6. The molecule has 0 spiro atoms. The van der Waals surface area contributed by atoms with Crippen molar-refractivity contribution in [3.8, 4) is 16.2 Å². The number of fused-ring (bicyclic) bond motifs is 1. The van der Waals surface area contributed by atoms with Gasteiger partial charge in [-0.15, -0.1) is 11.3 Å². The number of rotatable bonds is 7. The minimum atomic E-state index is -0.0741. The highest BCUT2D eigenvalue weighted by Gasteiger charge is 2.25. The minimum Gasteiger partial charge on any atom is -0.507 e. The summed E-state index contributed by atoms with van der Waals surface area (Å²) < 4.78 is 5.67. The fourth-order valence-corrected chi connectivity index (χ4v) is 3.84. The summed E-state index contributed by atoms with van der Waals surface area (Å²) in [6, 6.07) is 5.84. The molecule has 0 radical (unpaired) electrons. The first-order chi connectivity index (χ1) is 11.5. The van der Waals surface area contributed by atoms with Crippen molar-refractivity contribution < 1.29 is 9.52 Å². The van der Waals surface area contributed by atoms with Crippen LogP contribution in [0, 0.1) is 0 Å². The number of furan rings is 1. The van der Waals surface area contributed by atoms with E-state index in [4.69, 9.17) is 9.40 Å².